The highest BCUT2D eigenvalue weighted by atomic mass is 19.1. The molecule has 1 aromatic rings. The first-order valence-electron chi connectivity index (χ1n) is 8.44. The van der Waals surface area contributed by atoms with Crippen molar-refractivity contribution in [2.24, 2.45) is 10.8 Å². The van der Waals surface area contributed by atoms with Crippen LogP contribution < -0.4 is 10.1 Å². The van der Waals surface area contributed by atoms with E-state index in [1.807, 2.05) is 0 Å². The Hall–Kier alpha value is -2.11. The second-order valence-corrected chi connectivity index (χ2v) is 7.44. The molecule has 24 heavy (non-hydrogen) atoms. The third-order valence-corrected chi connectivity index (χ3v) is 5.83. The number of rotatable bonds is 3. The van der Waals surface area contributed by atoms with Gasteiger partial charge in [-0.3, -0.25) is 9.59 Å². The Bertz CT molecular complexity index is 718. The van der Waals surface area contributed by atoms with E-state index in [-0.39, 0.29) is 11.1 Å². The van der Waals surface area contributed by atoms with Crippen LogP contribution in [0, 0.1) is 16.6 Å². The van der Waals surface area contributed by atoms with Gasteiger partial charge in [-0.2, -0.15) is 0 Å². The molecular weight excluding hydrogens is 313 g/mol. The fraction of sp³-hybridized carbons (Fsp3) is 0.556. The summed E-state index contributed by atoms with van der Waals surface area (Å²) in [4.78, 5) is 24.5. The molecule has 0 radical (unpaired) electrons. The van der Waals surface area contributed by atoms with E-state index in [2.05, 4.69) is 5.32 Å². The van der Waals surface area contributed by atoms with Gasteiger partial charge in [-0.25, -0.2) is 4.39 Å². The number of aliphatic carboxylic acids is 1. The summed E-state index contributed by atoms with van der Waals surface area (Å²) in [6.07, 6.45) is 5.32. The topological polar surface area (TPSA) is 75.6 Å². The Morgan fingerprint density at radius 1 is 1.21 bits per heavy atom. The van der Waals surface area contributed by atoms with Gasteiger partial charge < -0.3 is 15.2 Å². The van der Waals surface area contributed by atoms with Gasteiger partial charge in [0.25, 0.3) is 0 Å². The standard InChI is InChI=1S/C18H20FNO4/c19-12-7-11-3-1-6-24-14(11)13(8-12)20-15(21)18(16(22)23)9-17(10-18)4-2-5-17/h7-8H,1-6,9-10H2,(H,20,21)(H,22,23). The molecule has 0 atom stereocenters. The predicted molar refractivity (Wildman–Crippen MR) is 84.4 cm³/mol. The summed E-state index contributed by atoms with van der Waals surface area (Å²) < 4.78 is 19.4. The number of carbonyl (C=O) groups excluding carboxylic acids is 1. The highest BCUT2D eigenvalue weighted by Gasteiger charge is 2.65. The number of carbonyl (C=O) groups is 2. The molecule has 3 aliphatic rings. The summed E-state index contributed by atoms with van der Waals surface area (Å²) in [6, 6.07) is 2.61. The van der Waals surface area contributed by atoms with Crippen molar-refractivity contribution in [1.82, 2.24) is 0 Å². The van der Waals surface area contributed by atoms with Gasteiger partial charge in [-0.05, 0) is 55.6 Å². The largest absolute Gasteiger partial charge is 0.491 e. The van der Waals surface area contributed by atoms with E-state index in [4.69, 9.17) is 4.74 Å². The molecule has 0 bridgehead atoms. The summed E-state index contributed by atoms with van der Waals surface area (Å²) in [5.41, 5.74) is -0.406. The zero-order valence-corrected chi connectivity index (χ0v) is 13.4. The molecule has 1 spiro atoms. The van der Waals surface area contributed by atoms with Crippen LogP contribution in [0.25, 0.3) is 0 Å². The Labute approximate surface area is 139 Å². The highest BCUT2D eigenvalue weighted by molar-refractivity contribution is 6.10. The Kier molecular flexibility index (Phi) is 3.34. The van der Waals surface area contributed by atoms with Crippen molar-refractivity contribution in [3.8, 4) is 5.75 Å². The average molecular weight is 333 g/mol. The summed E-state index contributed by atoms with van der Waals surface area (Å²) in [5, 5.41) is 12.2. The minimum absolute atomic E-state index is 0.0353. The maximum absolute atomic E-state index is 13.8. The Morgan fingerprint density at radius 2 is 1.96 bits per heavy atom. The van der Waals surface area contributed by atoms with Crippen molar-refractivity contribution >= 4 is 17.6 Å². The van der Waals surface area contributed by atoms with Crippen molar-refractivity contribution < 1.29 is 23.8 Å². The number of halogens is 1. The van der Waals surface area contributed by atoms with Crippen LogP contribution in [-0.2, 0) is 16.0 Å². The van der Waals surface area contributed by atoms with E-state index < -0.39 is 23.1 Å². The third-order valence-electron chi connectivity index (χ3n) is 5.83. The first-order valence-corrected chi connectivity index (χ1v) is 8.44. The smallest absolute Gasteiger partial charge is 0.319 e. The molecule has 0 aromatic heterocycles. The lowest BCUT2D eigenvalue weighted by atomic mass is 9.45. The van der Waals surface area contributed by atoms with Gasteiger partial charge in [0.1, 0.15) is 17.0 Å². The lowest BCUT2D eigenvalue weighted by Gasteiger charge is -2.58. The number of ether oxygens (including phenoxy) is 1. The van der Waals surface area contributed by atoms with Gasteiger partial charge in [0.05, 0.1) is 12.3 Å². The van der Waals surface area contributed by atoms with E-state index in [9.17, 15) is 19.1 Å². The molecule has 1 amide bonds. The average Bonchev–Trinajstić information content (AvgIpc) is 2.44. The molecule has 2 saturated carbocycles. The SMILES string of the molecule is O=C(O)C1(C(=O)Nc2cc(F)cc3c2OCCC3)CC2(CCC2)C1. The minimum atomic E-state index is -1.39. The monoisotopic (exact) mass is 333 g/mol. The summed E-state index contributed by atoms with van der Waals surface area (Å²) in [7, 11) is 0. The number of anilines is 1. The molecular formula is C18H20FNO4. The molecule has 0 saturated heterocycles. The van der Waals surface area contributed by atoms with Crippen LogP contribution >= 0.6 is 0 Å². The van der Waals surface area contributed by atoms with Gasteiger partial charge in [-0.15, -0.1) is 0 Å². The van der Waals surface area contributed by atoms with Gasteiger partial charge in [0, 0.05) is 6.07 Å². The van der Waals surface area contributed by atoms with Crippen LogP contribution in [-0.4, -0.2) is 23.6 Å². The van der Waals surface area contributed by atoms with Crippen LogP contribution in [0.5, 0.6) is 5.75 Å². The number of hydrogen-bond acceptors (Lipinski definition) is 3. The van der Waals surface area contributed by atoms with Crippen molar-refractivity contribution in [1.29, 1.82) is 0 Å². The van der Waals surface area contributed by atoms with E-state index in [1.54, 1.807) is 0 Å². The normalized spacial score (nSPS) is 22.5. The summed E-state index contributed by atoms with van der Waals surface area (Å²) >= 11 is 0. The summed E-state index contributed by atoms with van der Waals surface area (Å²) in [5.74, 6) is -1.64. The molecule has 6 heteroatoms. The molecule has 2 fully saturated rings. The maximum Gasteiger partial charge on any atom is 0.319 e. The number of carboxylic acids is 1. The predicted octanol–water partition coefficient (Wildman–Crippen LogP) is 3.12. The molecule has 5 nitrogen and oxygen atoms in total. The zero-order chi connectivity index (χ0) is 16.9. The van der Waals surface area contributed by atoms with Crippen LogP contribution in [0.2, 0.25) is 0 Å². The first kappa shape index (κ1) is 15.4. The number of nitrogens with one attached hydrogen (secondary N) is 1. The van der Waals surface area contributed by atoms with Crippen LogP contribution in [0.1, 0.15) is 44.1 Å². The fourth-order valence-corrected chi connectivity index (χ4v) is 4.45. The van der Waals surface area contributed by atoms with Crippen molar-refractivity contribution in [2.45, 2.75) is 44.9 Å². The van der Waals surface area contributed by atoms with Gasteiger partial charge in [0.2, 0.25) is 5.91 Å². The minimum Gasteiger partial charge on any atom is -0.491 e. The number of aryl methyl sites for hydroxylation is 1. The Morgan fingerprint density at radius 3 is 2.58 bits per heavy atom. The number of fused-ring (bicyclic) bond motifs is 1. The van der Waals surface area contributed by atoms with Crippen molar-refractivity contribution in [3.63, 3.8) is 0 Å². The van der Waals surface area contributed by atoms with Gasteiger partial charge >= 0.3 is 5.97 Å². The van der Waals surface area contributed by atoms with Crippen LogP contribution in [0.15, 0.2) is 12.1 Å². The molecule has 1 aliphatic heterocycles. The van der Waals surface area contributed by atoms with Crippen molar-refractivity contribution in [3.05, 3.63) is 23.5 Å². The maximum atomic E-state index is 13.8. The second-order valence-electron chi connectivity index (χ2n) is 7.44. The number of amides is 1. The Balaban J connectivity index is 1.60. The second kappa shape index (κ2) is 5.19. The van der Waals surface area contributed by atoms with Gasteiger partial charge in [0.15, 0.2) is 0 Å². The first-order chi connectivity index (χ1) is 11.4. The van der Waals surface area contributed by atoms with E-state index >= 15 is 0 Å². The molecule has 2 N–H and O–H groups in total. The highest BCUT2D eigenvalue weighted by Crippen LogP contribution is 2.64. The molecule has 0 unspecified atom stereocenters. The third kappa shape index (κ3) is 2.19. The molecule has 4 rings (SSSR count). The van der Waals surface area contributed by atoms with Crippen LogP contribution in [0.4, 0.5) is 10.1 Å². The van der Waals surface area contributed by atoms with E-state index in [0.717, 1.165) is 25.7 Å². The quantitative estimate of drug-likeness (QED) is 0.833. The number of benzene rings is 1. The van der Waals surface area contributed by atoms with Crippen molar-refractivity contribution in [2.75, 3.05) is 11.9 Å². The molecule has 128 valence electrons. The zero-order valence-electron chi connectivity index (χ0n) is 13.4. The molecule has 1 heterocycles. The van der Waals surface area contributed by atoms with E-state index in [1.165, 1.54) is 12.1 Å². The lowest BCUT2D eigenvalue weighted by molar-refractivity contribution is -0.178. The van der Waals surface area contributed by atoms with E-state index in [0.29, 0.717) is 37.2 Å². The number of carboxylic acid groups (broad SMARTS) is 1. The lowest BCUT2D eigenvalue weighted by Crippen LogP contribution is -2.59. The van der Waals surface area contributed by atoms with Gasteiger partial charge in [-0.1, -0.05) is 6.42 Å². The van der Waals surface area contributed by atoms with Crippen LogP contribution in [0.3, 0.4) is 0 Å². The summed E-state index contributed by atoms with van der Waals surface area (Å²) in [6.45, 7) is 0.509. The molecule has 1 aromatic carbocycles. The number of hydrogen-bond donors (Lipinski definition) is 2. The molecule has 2 aliphatic carbocycles. The fourth-order valence-electron chi connectivity index (χ4n) is 4.45.